The third kappa shape index (κ3) is 1.39. The number of likely N-dealkylation sites (N-methyl/N-ethyl adjacent to an activating group) is 1. The molecule has 66 valence electrons. The van der Waals surface area contributed by atoms with E-state index in [9.17, 15) is 9.59 Å². The second kappa shape index (κ2) is 3.31. The molecule has 0 aliphatic carbocycles. The van der Waals surface area contributed by atoms with E-state index in [1.807, 2.05) is 13.8 Å². The zero-order valence-electron chi connectivity index (χ0n) is 7.38. The minimum Gasteiger partial charge on any atom is -0.269 e. The van der Waals surface area contributed by atoms with Gasteiger partial charge < -0.3 is 0 Å². The Kier molecular flexibility index (Phi) is 2.57. The van der Waals surface area contributed by atoms with Gasteiger partial charge in [-0.1, -0.05) is 5.57 Å². The van der Waals surface area contributed by atoms with Crippen LogP contribution in [0.25, 0.3) is 0 Å². The molecule has 0 atom stereocenters. The molecular weight excluding hydrogens is 174 g/mol. The van der Waals surface area contributed by atoms with Crippen LogP contribution in [0.3, 0.4) is 0 Å². The van der Waals surface area contributed by atoms with E-state index in [-0.39, 0.29) is 11.1 Å². The lowest BCUT2D eigenvalue weighted by Crippen LogP contribution is -2.27. The number of nitrogens with zero attached hydrogens (tertiary/aromatic N) is 1. The summed E-state index contributed by atoms with van der Waals surface area (Å²) in [5.41, 5.74) is 0.911. The van der Waals surface area contributed by atoms with Crippen molar-refractivity contribution in [3.8, 4) is 0 Å². The van der Waals surface area contributed by atoms with Crippen molar-refractivity contribution in [3.63, 3.8) is 0 Å². The van der Waals surface area contributed by atoms with E-state index in [0.29, 0.717) is 11.4 Å². The first-order chi connectivity index (χ1) is 5.57. The molecule has 2 amide bonds. The highest BCUT2D eigenvalue weighted by Crippen LogP contribution is 2.32. The van der Waals surface area contributed by atoms with Gasteiger partial charge in [0.1, 0.15) is 0 Å². The van der Waals surface area contributed by atoms with E-state index < -0.39 is 0 Å². The number of amides is 2. The van der Waals surface area contributed by atoms with Crippen LogP contribution in [0, 0.1) is 0 Å². The summed E-state index contributed by atoms with van der Waals surface area (Å²) in [7, 11) is 0. The molecule has 0 aromatic carbocycles. The molecule has 0 aromatic heterocycles. The third-order valence-electron chi connectivity index (χ3n) is 1.62. The molecule has 4 heteroatoms. The van der Waals surface area contributed by atoms with Crippen molar-refractivity contribution >= 4 is 22.9 Å². The van der Waals surface area contributed by atoms with Gasteiger partial charge in [0.2, 0.25) is 0 Å². The van der Waals surface area contributed by atoms with E-state index in [2.05, 4.69) is 0 Å². The Morgan fingerprint density at radius 1 is 1.42 bits per heavy atom. The van der Waals surface area contributed by atoms with Crippen LogP contribution in [0.5, 0.6) is 0 Å². The first kappa shape index (κ1) is 9.32. The van der Waals surface area contributed by atoms with E-state index in [1.54, 1.807) is 6.92 Å². The molecule has 1 saturated heterocycles. The number of allylic oxidation sites excluding steroid dienone is 1. The average Bonchev–Trinajstić information content (AvgIpc) is 2.27. The fourth-order valence-corrected chi connectivity index (χ4v) is 1.88. The lowest BCUT2D eigenvalue weighted by Gasteiger charge is -2.07. The summed E-state index contributed by atoms with van der Waals surface area (Å²) < 4.78 is 0. The van der Waals surface area contributed by atoms with Gasteiger partial charge in [0, 0.05) is 6.54 Å². The smallest absolute Gasteiger partial charge is 0.269 e. The van der Waals surface area contributed by atoms with Gasteiger partial charge in [-0.2, -0.15) is 0 Å². The summed E-state index contributed by atoms with van der Waals surface area (Å²) in [6.07, 6.45) is 0. The molecule has 1 aliphatic rings. The van der Waals surface area contributed by atoms with E-state index in [0.717, 1.165) is 17.3 Å². The molecule has 1 aliphatic heterocycles. The Morgan fingerprint density at radius 2 is 2.00 bits per heavy atom. The van der Waals surface area contributed by atoms with E-state index in [4.69, 9.17) is 0 Å². The average molecular weight is 185 g/mol. The minimum absolute atomic E-state index is 0.146. The number of imide groups is 1. The lowest BCUT2D eigenvalue weighted by molar-refractivity contribution is -0.122. The molecule has 0 unspecified atom stereocenters. The summed E-state index contributed by atoms with van der Waals surface area (Å²) in [5, 5.41) is -0.154. The van der Waals surface area contributed by atoms with Crippen LogP contribution in [0.4, 0.5) is 4.79 Å². The van der Waals surface area contributed by atoms with Crippen molar-refractivity contribution in [2.45, 2.75) is 20.8 Å². The first-order valence-electron chi connectivity index (χ1n) is 3.79. The number of hydrogen-bond donors (Lipinski definition) is 0. The van der Waals surface area contributed by atoms with Crippen LogP contribution in [-0.2, 0) is 4.79 Å². The second-order valence-electron chi connectivity index (χ2n) is 2.75. The Balaban J connectivity index is 2.98. The van der Waals surface area contributed by atoms with Crippen molar-refractivity contribution in [2.24, 2.45) is 0 Å². The molecule has 0 spiro atoms. The standard InChI is InChI=1S/C8H11NO2S/c1-4-9-7(10)6(5(2)3)12-8(9)11/h4H2,1-3H3. The Morgan fingerprint density at radius 3 is 2.25 bits per heavy atom. The number of rotatable bonds is 1. The van der Waals surface area contributed by atoms with E-state index in [1.165, 1.54) is 4.90 Å². The highest BCUT2D eigenvalue weighted by atomic mass is 32.2. The number of carbonyl (C=O) groups excluding carboxylic acids is 2. The zero-order chi connectivity index (χ0) is 9.30. The van der Waals surface area contributed by atoms with Crippen LogP contribution in [-0.4, -0.2) is 22.6 Å². The molecule has 12 heavy (non-hydrogen) atoms. The fourth-order valence-electron chi connectivity index (χ4n) is 0.980. The van der Waals surface area contributed by atoms with Gasteiger partial charge in [-0.3, -0.25) is 14.5 Å². The Labute approximate surface area is 75.8 Å². The van der Waals surface area contributed by atoms with Gasteiger partial charge in [0.05, 0.1) is 4.91 Å². The van der Waals surface area contributed by atoms with Gasteiger partial charge in [0.25, 0.3) is 11.1 Å². The molecule has 1 rings (SSSR count). The van der Waals surface area contributed by atoms with Crippen molar-refractivity contribution in [2.75, 3.05) is 6.54 Å². The summed E-state index contributed by atoms with van der Waals surface area (Å²) in [5.74, 6) is -0.146. The molecule has 0 saturated carbocycles. The molecule has 1 fully saturated rings. The van der Waals surface area contributed by atoms with E-state index >= 15 is 0 Å². The van der Waals surface area contributed by atoms with Crippen LogP contribution >= 0.6 is 11.8 Å². The zero-order valence-corrected chi connectivity index (χ0v) is 8.20. The number of hydrogen-bond acceptors (Lipinski definition) is 3. The largest absolute Gasteiger partial charge is 0.293 e. The summed E-state index contributed by atoms with van der Waals surface area (Å²) in [6.45, 7) is 5.94. The fraction of sp³-hybridized carbons (Fsp3) is 0.500. The molecule has 3 nitrogen and oxygen atoms in total. The van der Waals surface area contributed by atoms with Gasteiger partial charge in [-0.05, 0) is 32.5 Å². The maximum atomic E-state index is 11.4. The van der Waals surface area contributed by atoms with Crippen LogP contribution in [0.15, 0.2) is 10.5 Å². The van der Waals surface area contributed by atoms with Gasteiger partial charge in [-0.15, -0.1) is 0 Å². The second-order valence-corrected chi connectivity index (χ2v) is 3.71. The highest BCUT2D eigenvalue weighted by Gasteiger charge is 2.34. The van der Waals surface area contributed by atoms with Crippen molar-refractivity contribution in [3.05, 3.63) is 10.5 Å². The number of thioether (sulfide) groups is 1. The molecular formula is C8H11NO2S. The molecule has 0 aromatic rings. The van der Waals surface area contributed by atoms with Gasteiger partial charge >= 0.3 is 0 Å². The topological polar surface area (TPSA) is 37.4 Å². The van der Waals surface area contributed by atoms with Crippen LogP contribution in [0.2, 0.25) is 0 Å². The third-order valence-corrected chi connectivity index (χ3v) is 2.80. The predicted octanol–water partition coefficient (Wildman–Crippen LogP) is 2.00. The quantitative estimate of drug-likeness (QED) is 0.586. The maximum Gasteiger partial charge on any atom is 0.293 e. The molecule has 0 N–H and O–H groups in total. The maximum absolute atomic E-state index is 11.4. The minimum atomic E-state index is -0.154. The normalized spacial score (nSPS) is 17.6. The molecule has 1 heterocycles. The SMILES string of the molecule is CCN1C(=O)SC(=C(C)C)C1=O. The number of carbonyl (C=O) groups is 2. The predicted molar refractivity (Wildman–Crippen MR) is 48.7 cm³/mol. The first-order valence-corrected chi connectivity index (χ1v) is 4.60. The Bertz CT molecular complexity index is 266. The van der Waals surface area contributed by atoms with Crippen molar-refractivity contribution in [1.29, 1.82) is 0 Å². The molecule has 0 bridgehead atoms. The van der Waals surface area contributed by atoms with Crippen molar-refractivity contribution in [1.82, 2.24) is 4.90 Å². The van der Waals surface area contributed by atoms with Gasteiger partial charge in [0.15, 0.2) is 0 Å². The Hall–Kier alpha value is -0.770. The van der Waals surface area contributed by atoms with Gasteiger partial charge in [-0.25, -0.2) is 0 Å². The summed E-state index contributed by atoms with van der Waals surface area (Å²) >= 11 is 1.03. The summed E-state index contributed by atoms with van der Waals surface area (Å²) in [4.78, 5) is 24.4. The summed E-state index contributed by atoms with van der Waals surface area (Å²) in [6, 6.07) is 0. The van der Waals surface area contributed by atoms with Crippen LogP contribution in [0.1, 0.15) is 20.8 Å². The highest BCUT2D eigenvalue weighted by molar-refractivity contribution is 8.18. The monoisotopic (exact) mass is 185 g/mol. The van der Waals surface area contributed by atoms with Crippen LogP contribution < -0.4 is 0 Å². The lowest BCUT2D eigenvalue weighted by atomic mass is 10.3. The van der Waals surface area contributed by atoms with Crippen molar-refractivity contribution < 1.29 is 9.59 Å². The molecule has 0 radical (unpaired) electrons.